The SMILES string of the molecule is CCn1nccc1C(=O)N[C@H](c1cn2nc(CC3C[C@@H](C(F)(F)F)CNC3=O)c(C(C)Cl)cc2n1)C1CCC(F)(F)CC1. The summed E-state index contributed by atoms with van der Waals surface area (Å²) < 4.78 is 71.3. The Hall–Kier alpha value is -3.29. The number of hydrogen-bond donors (Lipinski definition) is 2. The number of rotatable bonds is 8. The summed E-state index contributed by atoms with van der Waals surface area (Å²) in [5.74, 6) is -6.63. The van der Waals surface area contributed by atoms with Crippen molar-refractivity contribution in [1.82, 2.24) is 35.0 Å². The summed E-state index contributed by atoms with van der Waals surface area (Å²) >= 11 is 6.44. The molecule has 1 saturated heterocycles. The highest BCUT2D eigenvalue weighted by Gasteiger charge is 2.45. The average Bonchev–Trinajstić information content (AvgIpc) is 3.58. The van der Waals surface area contributed by atoms with Crippen molar-refractivity contribution in [3.8, 4) is 0 Å². The highest BCUT2D eigenvalue weighted by Crippen LogP contribution is 2.42. The minimum atomic E-state index is -4.44. The second kappa shape index (κ2) is 12.0. The lowest BCUT2D eigenvalue weighted by Crippen LogP contribution is -2.47. The zero-order valence-corrected chi connectivity index (χ0v) is 24.4. The molecular weight excluding hydrogens is 597 g/mol. The molecule has 2 unspecified atom stereocenters. The van der Waals surface area contributed by atoms with Gasteiger partial charge < -0.3 is 10.6 Å². The minimum Gasteiger partial charge on any atom is -0.355 e. The second-order valence-electron chi connectivity index (χ2n) is 11.4. The molecule has 234 valence electrons. The first-order valence-corrected chi connectivity index (χ1v) is 14.8. The van der Waals surface area contributed by atoms with Crippen LogP contribution in [0.25, 0.3) is 5.65 Å². The fourth-order valence-corrected chi connectivity index (χ4v) is 6.22. The molecule has 5 rings (SSSR count). The summed E-state index contributed by atoms with van der Waals surface area (Å²) in [6.07, 6.45) is -2.09. The van der Waals surface area contributed by atoms with Gasteiger partial charge in [-0.25, -0.2) is 18.3 Å². The molecule has 4 atom stereocenters. The van der Waals surface area contributed by atoms with Crippen LogP contribution in [0.15, 0.2) is 24.5 Å². The topological polar surface area (TPSA) is 106 Å². The van der Waals surface area contributed by atoms with Crippen molar-refractivity contribution in [3.63, 3.8) is 0 Å². The van der Waals surface area contributed by atoms with E-state index >= 15 is 0 Å². The lowest BCUT2D eigenvalue weighted by molar-refractivity contribution is -0.183. The van der Waals surface area contributed by atoms with Crippen molar-refractivity contribution in [2.75, 3.05) is 6.54 Å². The third-order valence-corrected chi connectivity index (χ3v) is 8.70. The van der Waals surface area contributed by atoms with E-state index in [-0.39, 0.29) is 44.4 Å². The molecule has 0 bridgehead atoms. The van der Waals surface area contributed by atoms with Crippen LogP contribution in [0.4, 0.5) is 22.0 Å². The zero-order chi connectivity index (χ0) is 31.1. The van der Waals surface area contributed by atoms with Crippen LogP contribution in [0.2, 0.25) is 0 Å². The summed E-state index contributed by atoms with van der Waals surface area (Å²) in [5.41, 5.74) is 1.95. The standard InChI is InChI=1S/C28H33ClF5N7O2/c1-3-40-22(6-9-36-40)26(43)38-24(16-4-7-27(30,31)8-5-16)21-14-41-23(37-21)12-19(15(2)29)20(39-41)11-17-10-18(28(32,33)34)13-35-25(17)42/h6,9,12,14-18,24H,3-5,7-8,10-11,13H2,1-2H3,(H,35,42)(H,38,43)/t15?,17?,18-,24+/m1/s1. The normalized spacial score (nSPS) is 22.7. The lowest BCUT2D eigenvalue weighted by Gasteiger charge is -2.33. The molecule has 2 fully saturated rings. The predicted molar refractivity (Wildman–Crippen MR) is 147 cm³/mol. The molecule has 2 amide bonds. The van der Waals surface area contributed by atoms with E-state index in [0.29, 0.717) is 34.8 Å². The number of carbonyl (C=O) groups is 2. The Kier molecular flexibility index (Phi) is 8.70. The van der Waals surface area contributed by atoms with Crippen LogP contribution in [-0.4, -0.2) is 54.8 Å². The molecule has 0 radical (unpaired) electrons. The van der Waals surface area contributed by atoms with Crippen LogP contribution in [-0.2, 0) is 17.8 Å². The van der Waals surface area contributed by atoms with Gasteiger partial charge in [0.2, 0.25) is 11.8 Å². The first kappa shape index (κ1) is 31.1. The molecule has 1 saturated carbocycles. The highest BCUT2D eigenvalue weighted by atomic mass is 35.5. The number of carbonyl (C=O) groups excluding carboxylic acids is 2. The fraction of sp³-hybridized carbons (Fsp3) is 0.607. The quantitative estimate of drug-likeness (QED) is 0.256. The molecule has 1 aliphatic heterocycles. The van der Waals surface area contributed by atoms with Crippen LogP contribution in [0.5, 0.6) is 0 Å². The molecule has 9 nitrogen and oxygen atoms in total. The van der Waals surface area contributed by atoms with E-state index in [4.69, 9.17) is 11.6 Å². The predicted octanol–water partition coefficient (Wildman–Crippen LogP) is 5.40. The molecule has 2 N–H and O–H groups in total. The van der Waals surface area contributed by atoms with Gasteiger partial charge in [0.05, 0.1) is 34.9 Å². The van der Waals surface area contributed by atoms with Crippen LogP contribution >= 0.6 is 11.6 Å². The van der Waals surface area contributed by atoms with Crippen molar-refractivity contribution in [1.29, 1.82) is 0 Å². The molecule has 1 aliphatic carbocycles. The van der Waals surface area contributed by atoms with Gasteiger partial charge in [0.25, 0.3) is 5.91 Å². The van der Waals surface area contributed by atoms with E-state index in [1.165, 1.54) is 15.4 Å². The fourth-order valence-electron chi connectivity index (χ4n) is 6.03. The molecule has 0 aromatic carbocycles. The maximum atomic E-state index is 14.0. The monoisotopic (exact) mass is 629 g/mol. The number of aromatic nitrogens is 5. The Morgan fingerprint density at radius 3 is 2.65 bits per heavy atom. The Morgan fingerprint density at radius 1 is 1.28 bits per heavy atom. The third-order valence-electron chi connectivity index (χ3n) is 8.46. The largest absolute Gasteiger partial charge is 0.393 e. The number of nitrogens with one attached hydrogen (secondary N) is 2. The summed E-state index contributed by atoms with van der Waals surface area (Å²) in [7, 11) is 0. The number of fused-ring (bicyclic) bond motifs is 1. The van der Waals surface area contributed by atoms with Gasteiger partial charge >= 0.3 is 6.18 Å². The highest BCUT2D eigenvalue weighted by molar-refractivity contribution is 6.20. The summed E-state index contributed by atoms with van der Waals surface area (Å²) in [6, 6.07) is 2.51. The Balaban J connectivity index is 1.48. The number of amides is 2. The first-order chi connectivity index (χ1) is 20.3. The molecule has 0 spiro atoms. The van der Waals surface area contributed by atoms with Gasteiger partial charge in [0.15, 0.2) is 5.65 Å². The van der Waals surface area contributed by atoms with E-state index in [2.05, 4.69) is 25.8 Å². The number of nitrogens with zero attached hydrogens (tertiary/aromatic N) is 5. The number of hydrogen-bond acceptors (Lipinski definition) is 5. The number of imidazole rings is 1. The van der Waals surface area contributed by atoms with Crippen molar-refractivity contribution < 1.29 is 31.5 Å². The summed E-state index contributed by atoms with van der Waals surface area (Å²) in [4.78, 5) is 30.5. The van der Waals surface area contributed by atoms with Gasteiger partial charge in [-0.2, -0.15) is 23.4 Å². The Morgan fingerprint density at radius 2 is 2.00 bits per heavy atom. The molecule has 15 heteroatoms. The van der Waals surface area contributed by atoms with Crippen molar-refractivity contribution >= 4 is 29.1 Å². The number of aryl methyl sites for hydroxylation is 1. The third kappa shape index (κ3) is 6.78. The molecule has 43 heavy (non-hydrogen) atoms. The summed E-state index contributed by atoms with van der Waals surface area (Å²) in [6.45, 7) is 3.52. The molecule has 3 aromatic rings. The molecule has 2 aliphatic rings. The van der Waals surface area contributed by atoms with Crippen LogP contribution in [0.1, 0.15) is 84.8 Å². The van der Waals surface area contributed by atoms with Gasteiger partial charge in [-0.1, -0.05) is 0 Å². The molecule has 3 aromatic heterocycles. The van der Waals surface area contributed by atoms with Crippen molar-refractivity contribution in [2.45, 2.75) is 82.4 Å². The average molecular weight is 630 g/mol. The van der Waals surface area contributed by atoms with Crippen LogP contribution < -0.4 is 10.6 Å². The van der Waals surface area contributed by atoms with Crippen molar-refractivity contribution in [2.24, 2.45) is 17.8 Å². The lowest BCUT2D eigenvalue weighted by atomic mass is 9.81. The van der Waals surface area contributed by atoms with E-state index in [0.717, 1.165) is 0 Å². The molecule has 4 heterocycles. The number of piperidine rings is 1. The van der Waals surface area contributed by atoms with E-state index < -0.39 is 53.7 Å². The van der Waals surface area contributed by atoms with Crippen LogP contribution in [0.3, 0.4) is 0 Å². The van der Waals surface area contributed by atoms with Crippen LogP contribution in [0, 0.1) is 17.8 Å². The molecular formula is C28H33ClF5N7O2. The zero-order valence-electron chi connectivity index (χ0n) is 23.7. The number of halogens is 6. The smallest absolute Gasteiger partial charge is 0.355 e. The van der Waals surface area contributed by atoms with E-state index in [1.54, 1.807) is 25.3 Å². The Bertz CT molecular complexity index is 1480. The maximum Gasteiger partial charge on any atom is 0.393 e. The second-order valence-corrected chi connectivity index (χ2v) is 12.1. The van der Waals surface area contributed by atoms with E-state index in [1.807, 2.05) is 6.92 Å². The Labute approximate surface area is 249 Å². The minimum absolute atomic E-state index is 0.0624. The van der Waals surface area contributed by atoms with Gasteiger partial charge in [0.1, 0.15) is 5.69 Å². The van der Waals surface area contributed by atoms with Gasteiger partial charge in [-0.05, 0) is 56.7 Å². The van der Waals surface area contributed by atoms with Crippen molar-refractivity contribution in [3.05, 3.63) is 47.2 Å². The van der Waals surface area contributed by atoms with E-state index in [9.17, 15) is 31.5 Å². The van der Waals surface area contributed by atoms with Gasteiger partial charge in [-0.3, -0.25) is 14.3 Å². The summed E-state index contributed by atoms with van der Waals surface area (Å²) in [5, 5.41) is 13.5. The first-order valence-electron chi connectivity index (χ1n) is 14.3. The van der Waals surface area contributed by atoms with Gasteiger partial charge in [0, 0.05) is 44.5 Å². The maximum absolute atomic E-state index is 14.0. The van der Waals surface area contributed by atoms with Gasteiger partial charge in [-0.15, -0.1) is 11.6 Å². The number of alkyl halides is 6.